The topological polar surface area (TPSA) is 57.3 Å². The first-order chi connectivity index (χ1) is 8.11. The average Bonchev–Trinajstić information content (AvgIpc) is 2.35. The number of nitrogens with one attached hydrogen (secondary N) is 2. The van der Waals surface area contributed by atoms with Crippen molar-refractivity contribution in [3.63, 3.8) is 0 Å². The van der Waals surface area contributed by atoms with Gasteiger partial charge in [0, 0.05) is 39.4 Å². The van der Waals surface area contributed by atoms with Crippen LogP contribution in [0.1, 0.15) is 18.7 Å². The normalized spacial score (nSPS) is 11.9. The van der Waals surface area contributed by atoms with Gasteiger partial charge < -0.3 is 15.5 Å². The molecule has 2 amide bonds. The zero-order valence-electron chi connectivity index (χ0n) is 10.6. The van der Waals surface area contributed by atoms with E-state index in [9.17, 15) is 4.79 Å². The van der Waals surface area contributed by atoms with Crippen molar-refractivity contribution in [1.82, 2.24) is 20.5 Å². The first-order valence-electron chi connectivity index (χ1n) is 5.70. The summed E-state index contributed by atoms with van der Waals surface area (Å²) in [6.07, 6.45) is 1.78. The first kappa shape index (κ1) is 13.4. The molecule has 0 bridgehead atoms. The number of hydrogen-bond donors (Lipinski definition) is 2. The second-order valence-corrected chi connectivity index (χ2v) is 4.06. The quantitative estimate of drug-likeness (QED) is 0.750. The molecule has 0 saturated heterocycles. The third kappa shape index (κ3) is 4.82. The van der Waals surface area contributed by atoms with Crippen LogP contribution in [0, 0.1) is 0 Å². The summed E-state index contributed by atoms with van der Waals surface area (Å²) in [6, 6.07) is 5.96. The van der Waals surface area contributed by atoms with Crippen molar-refractivity contribution >= 4 is 6.03 Å². The number of rotatable bonds is 5. The van der Waals surface area contributed by atoms with Crippen molar-refractivity contribution in [2.24, 2.45) is 0 Å². The maximum Gasteiger partial charge on any atom is 0.316 e. The van der Waals surface area contributed by atoms with Gasteiger partial charge in [-0.05, 0) is 19.1 Å². The Hall–Kier alpha value is -1.62. The maximum atomic E-state index is 11.2. The van der Waals surface area contributed by atoms with Gasteiger partial charge >= 0.3 is 6.03 Å². The molecular formula is C12H20N4O. The monoisotopic (exact) mass is 236 g/mol. The zero-order valence-corrected chi connectivity index (χ0v) is 10.6. The van der Waals surface area contributed by atoms with Crippen LogP contribution in [-0.4, -0.2) is 43.1 Å². The number of amides is 2. The lowest BCUT2D eigenvalue weighted by Gasteiger charge is -2.15. The van der Waals surface area contributed by atoms with Gasteiger partial charge in [0.15, 0.2) is 0 Å². The molecule has 5 heteroatoms. The number of hydrogen-bond acceptors (Lipinski definition) is 3. The summed E-state index contributed by atoms with van der Waals surface area (Å²) in [5.41, 5.74) is 1.01. The SMILES string of the molecule is CC(NCCNC(=O)N(C)C)c1ccccn1. The number of carbonyl (C=O) groups excluding carboxylic acids is 1. The summed E-state index contributed by atoms with van der Waals surface area (Å²) in [7, 11) is 3.44. The highest BCUT2D eigenvalue weighted by Gasteiger charge is 2.05. The van der Waals surface area contributed by atoms with E-state index in [-0.39, 0.29) is 12.1 Å². The molecule has 1 atom stereocenters. The van der Waals surface area contributed by atoms with Crippen molar-refractivity contribution in [2.75, 3.05) is 27.2 Å². The van der Waals surface area contributed by atoms with Crippen LogP contribution in [0.3, 0.4) is 0 Å². The molecule has 0 saturated carbocycles. The molecule has 1 rings (SSSR count). The number of carbonyl (C=O) groups is 1. The Labute approximate surface area is 102 Å². The Morgan fingerprint density at radius 2 is 2.18 bits per heavy atom. The predicted molar refractivity (Wildman–Crippen MR) is 67.7 cm³/mol. The lowest BCUT2D eigenvalue weighted by Crippen LogP contribution is -2.38. The number of urea groups is 1. The van der Waals surface area contributed by atoms with Crippen LogP contribution in [0.4, 0.5) is 4.79 Å². The van der Waals surface area contributed by atoms with Gasteiger partial charge in [-0.1, -0.05) is 6.07 Å². The Morgan fingerprint density at radius 3 is 2.76 bits per heavy atom. The van der Waals surface area contributed by atoms with Gasteiger partial charge in [-0.2, -0.15) is 0 Å². The van der Waals surface area contributed by atoms with E-state index in [0.717, 1.165) is 12.2 Å². The third-order valence-electron chi connectivity index (χ3n) is 2.39. The van der Waals surface area contributed by atoms with E-state index < -0.39 is 0 Å². The average molecular weight is 236 g/mol. The van der Waals surface area contributed by atoms with E-state index >= 15 is 0 Å². The van der Waals surface area contributed by atoms with Crippen LogP contribution >= 0.6 is 0 Å². The summed E-state index contributed by atoms with van der Waals surface area (Å²) in [5.74, 6) is 0. The highest BCUT2D eigenvalue weighted by Crippen LogP contribution is 2.06. The fraction of sp³-hybridized carbons (Fsp3) is 0.500. The number of nitrogens with zero attached hydrogens (tertiary/aromatic N) is 2. The van der Waals surface area contributed by atoms with Crippen LogP contribution in [0.15, 0.2) is 24.4 Å². The molecule has 0 aliphatic heterocycles. The van der Waals surface area contributed by atoms with E-state index in [2.05, 4.69) is 22.5 Å². The molecule has 1 aromatic heterocycles. The molecule has 0 aliphatic carbocycles. The minimum absolute atomic E-state index is 0.0720. The van der Waals surface area contributed by atoms with Crippen molar-refractivity contribution in [1.29, 1.82) is 0 Å². The number of pyridine rings is 1. The molecular weight excluding hydrogens is 216 g/mol. The minimum Gasteiger partial charge on any atom is -0.337 e. The minimum atomic E-state index is -0.0720. The summed E-state index contributed by atoms with van der Waals surface area (Å²) in [4.78, 5) is 17.0. The second kappa shape index (κ2) is 6.85. The molecule has 0 radical (unpaired) electrons. The van der Waals surface area contributed by atoms with E-state index in [1.165, 1.54) is 4.90 Å². The van der Waals surface area contributed by atoms with E-state index in [1.807, 2.05) is 18.2 Å². The van der Waals surface area contributed by atoms with Crippen LogP contribution in [0.2, 0.25) is 0 Å². The second-order valence-electron chi connectivity index (χ2n) is 4.06. The largest absolute Gasteiger partial charge is 0.337 e. The van der Waals surface area contributed by atoms with Crippen molar-refractivity contribution in [3.8, 4) is 0 Å². The lowest BCUT2D eigenvalue weighted by molar-refractivity contribution is 0.217. The fourth-order valence-corrected chi connectivity index (χ4v) is 1.35. The number of aromatic nitrogens is 1. The molecule has 2 N–H and O–H groups in total. The maximum absolute atomic E-state index is 11.2. The Balaban J connectivity index is 2.21. The molecule has 17 heavy (non-hydrogen) atoms. The van der Waals surface area contributed by atoms with Crippen molar-refractivity contribution in [3.05, 3.63) is 30.1 Å². The van der Waals surface area contributed by atoms with Gasteiger partial charge in [0.1, 0.15) is 0 Å². The van der Waals surface area contributed by atoms with Gasteiger partial charge in [-0.3, -0.25) is 4.98 Å². The van der Waals surface area contributed by atoms with Crippen molar-refractivity contribution < 1.29 is 4.79 Å². The molecule has 0 fully saturated rings. The Morgan fingerprint density at radius 1 is 1.41 bits per heavy atom. The molecule has 94 valence electrons. The molecule has 0 aromatic carbocycles. The Bertz CT molecular complexity index is 340. The van der Waals surface area contributed by atoms with Crippen LogP contribution in [-0.2, 0) is 0 Å². The molecule has 1 heterocycles. The van der Waals surface area contributed by atoms with Gasteiger partial charge in [-0.25, -0.2) is 4.79 Å². The standard InChI is InChI=1S/C12H20N4O/c1-10(11-6-4-5-7-14-11)13-8-9-15-12(17)16(2)3/h4-7,10,13H,8-9H2,1-3H3,(H,15,17). The van der Waals surface area contributed by atoms with Gasteiger partial charge in [0.2, 0.25) is 0 Å². The van der Waals surface area contributed by atoms with Crippen LogP contribution in [0.25, 0.3) is 0 Å². The first-order valence-corrected chi connectivity index (χ1v) is 5.70. The van der Waals surface area contributed by atoms with E-state index in [4.69, 9.17) is 0 Å². The third-order valence-corrected chi connectivity index (χ3v) is 2.39. The Kier molecular flexibility index (Phi) is 5.42. The smallest absolute Gasteiger partial charge is 0.316 e. The lowest BCUT2D eigenvalue weighted by atomic mass is 10.2. The van der Waals surface area contributed by atoms with Gasteiger partial charge in [0.05, 0.1) is 5.69 Å². The van der Waals surface area contributed by atoms with E-state index in [0.29, 0.717) is 6.54 Å². The molecule has 0 spiro atoms. The predicted octanol–water partition coefficient (Wildman–Crippen LogP) is 1.00. The molecule has 0 aliphatic rings. The van der Waals surface area contributed by atoms with Crippen molar-refractivity contribution in [2.45, 2.75) is 13.0 Å². The van der Waals surface area contributed by atoms with E-state index in [1.54, 1.807) is 20.3 Å². The fourth-order valence-electron chi connectivity index (χ4n) is 1.35. The van der Waals surface area contributed by atoms with Gasteiger partial charge in [0.25, 0.3) is 0 Å². The molecule has 1 aromatic rings. The molecule has 5 nitrogen and oxygen atoms in total. The highest BCUT2D eigenvalue weighted by molar-refractivity contribution is 5.73. The highest BCUT2D eigenvalue weighted by atomic mass is 16.2. The summed E-state index contributed by atoms with van der Waals surface area (Å²) in [6.45, 7) is 3.38. The summed E-state index contributed by atoms with van der Waals surface area (Å²) >= 11 is 0. The summed E-state index contributed by atoms with van der Waals surface area (Å²) < 4.78 is 0. The van der Waals surface area contributed by atoms with Crippen LogP contribution < -0.4 is 10.6 Å². The van der Waals surface area contributed by atoms with Crippen LogP contribution in [0.5, 0.6) is 0 Å². The summed E-state index contributed by atoms with van der Waals surface area (Å²) in [5, 5.41) is 6.09. The molecule has 1 unspecified atom stereocenters. The van der Waals surface area contributed by atoms with Gasteiger partial charge in [-0.15, -0.1) is 0 Å². The zero-order chi connectivity index (χ0) is 12.7.